The maximum atomic E-state index is 5.36. The van der Waals surface area contributed by atoms with E-state index in [9.17, 15) is 0 Å². The predicted octanol–water partition coefficient (Wildman–Crippen LogP) is 2.65. The molecule has 1 saturated heterocycles. The van der Waals surface area contributed by atoms with Crippen molar-refractivity contribution in [1.29, 1.82) is 0 Å². The minimum absolute atomic E-state index is 0.635. The molecule has 0 aliphatic carbocycles. The van der Waals surface area contributed by atoms with Gasteiger partial charge in [-0.25, -0.2) is 0 Å². The zero-order valence-corrected chi connectivity index (χ0v) is 11.3. The van der Waals surface area contributed by atoms with E-state index < -0.39 is 0 Å². The Morgan fingerprint density at radius 3 is 3.17 bits per heavy atom. The van der Waals surface area contributed by atoms with E-state index in [2.05, 4.69) is 33.1 Å². The zero-order valence-electron chi connectivity index (χ0n) is 10.5. The van der Waals surface area contributed by atoms with Crippen LogP contribution < -0.4 is 5.32 Å². The highest BCUT2D eigenvalue weighted by Crippen LogP contribution is 2.25. The van der Waals surface area contributed by atoms with Crippen molar-refractivity contribution < 1.29 is 4.52 Å². The number of hydrogen-bond acceptors (Lipinski definition) is 5. The van der Waals surface area contributed by atoms with Gasteiger partial charge in [0, 0.05) is 17.4 Å². The topological polar surface area (TPSA) is 51.0 Å². The van der Waals surface area contributed by atoms with Crippen LogP contribution in [0.3, 0.4) is 0 Å². The van der Waals surface area contributed by atoms with E-state index in [1.54, 1.807) is 11.3 Å². The standard InChI is InChI=1S/C13H17N3OS/c1-9-7-18-8-11(9)13-15-12(17-16-13)5-10-3-2-4-14-6-10/h7-8,10,14H,2-6H2,1H3. The van der Waals surface area contributed by atoms with Crippen molar-refractivity contribution in [3.8, 4) is 11.4 Å². The molecule has 5 heteroatoms. The van der Waals surface area contributed by atoms with Crippen molar-refractivity contribution in [1.82, 2.24) is 15.5 Å². The summed E-state index contributed by atoms with van der Waals surface area (Å²) in [7, 11) is 0. The van der Waals surface area contributed by atoms with E-state index >= 15 is 0 Å². The lowest BCUT2D eigenvalue weighted by atomic mass is 9.96. The molecule has 1 atom stereocenters. The molecule has 1 aliphatic heterocycles. The van der Waals surface area contributed by atoms with Gasteiger partial charge in [-0.15, -0.1) is 0 Å². The molecule has 0 amide bonds. The second kappa shape index (κ2) is 5.20. The number of hydrogen-bond donors (Lipinski definition) is 1. The first-order valence-electron chi connectivity index (χ1n) is 6.39. The number of thiophene rings is 1. The maximum absolute atomic E-state index is 5.36. The van der Waals surface area contributed by atoms with Crippen molar-refractivity contribution in [3.05, 3.63) is 22.2 Å². The van der Waals surface area contributed by atoms with Crippen LogP contribution >= 0.6 is 11.3 Å². The lowest BCUT2D eigenvalue weighted by Crippen LogP contribution is -2.30. The van der Waals surface area contributed by atoms with Gasteiger partial charge in [0.05, 0.1) is 0 Å². The fraction of sp³-hybridized carbons (Fsp3) is 0.538. The Bertz CT molecular complexity index is 514. The molecule has 1 unspecified atom stereocenters. The minimum atomic E-state index is 0.635. The normalized spacial score (nSPS) is 20.2. The highest BCUT2D eigenvalue weighted by atomic mass is 32.1. The summed E-state index contributed by atoms with van der Waals surface area (Å²) in [5.41, 5.74) is 2.31. The van der Waals surface area contributed by atoms with Gasteiger partial charge in [-0.1, -0.05) is 5.16 Å². The molecule has 1 fully saturated rings. The second-order valence-electron chi connectivity index (χ2n) is 4.90. The summed E-state index contributed by atoms with van der Waals surface area (Å²) in [6, 6.07) is 0. The number of rotatable bonds is 3. The van der Waals surface area contributed by atoms with Gasteiger partial charge in [0.25, 0.3) is 0 Å². The third-order valence-electron chi connectivity index (χ3n) is 3.43. The number of aromatic nitrogens is 2. The van der Waals surface area contributed by atoms with Crippen molar-refractivity contribution >= 4 is 11.3 Å². The quantitative estimate of drug-likeness (QED) is 0.925. The fourth-order valence-corrected chi connectivity index (χ4v) is 3.21. The summed E-state index contributed by atoms with van der Waals surface area (Å²) in [5, 5.41) is 11.7. The Hall–Kier alpha value is -1.20. The van der Waals surface area contributed by atoms with Crippen LogP contribution in [-0.2, 0) is 6.42 Å². The van der Waals surface area contributed by atoms with E-state index in [0.29, 0.717) is 5.92 Å². The summed E-state index contributed by atoms with van der Waals surface area (Å²) in [5.74, 6) is 2.13. The van der Waals surface area contributed by atoms with Crippen molar-refractivity contribution in [2.24, 2.45) is 5.92 Å². The van der Waals surface area contributed by atoms with Gasteiger partial charge in [-0.05, 0) is 49.7 Å². The van der Waals surface area contributed by atoms with Crippen molar-refractivity contribution in [3.63, 3.8) is 0 Å². The van der Waals surface area contributed by atoms with Crippen LogP contribution in [0.2, 0.25) is 0 Å². The average molecular weight is 263 g/mol. The van der Waals surface area contributed by atoms with Gasteiger partial charge >= 0.3 is 0 Å². The van der Waals surface area contributed by atoms with Gasteiger partial charge in [-0.2, -0.15) is 16.3 Å². The highest BCUT2D eigenvalue weighted by molar-refractivity contribution is 7.08. The third-order valence-corrected chi connectivity index (χ3v) is 4.29. The van der Waals surface area contributed by atoms with Crippen LogP contribution in [-0.4, -0.2) is 23.2 Å². The van der Waals surface area contributed by atoms with E-state index in [-0.39, 0.29) is 0 Å². The highest BCUT2D eigenvalue weighted by Gasteiger charge is 2.18. The molecule has 0 aromatic carbocycles. The summed E-state index contributed by atoms with van der Waals surface area (Å²) < 4.78 is 5.36. The first-order valence-corrected chi connectivity index (χ1v) is 7.33. The molecule has 2 aromatic heterocycles. The Morgan fingerprint density at radius 2 is 2.44 bits per heavy atom. The number of aryl methyl sites for hydroxylation is 1. The molecular weight excluding hydrogens is 246 g/mol. The number of nitrogens with one attached hydrogen (secondary N) is 1. The number of piperidine rings is 1. The van der Waals surface area contributed by atoms with Gasteiger partial charge in [0.1, 0.15) is 0 Å². The molecular formula is C13H17N3OS. The monoisotopic (exact) mass is 263 g/mol. The minimum Gasteiger partial charge on any atom is -0.339 e. The molecule has 96 valence electrons. The fourth-order valence-electron chi connectivity index (χ4n) is 2.38. The molecule has 1 aliphatic rings. The van der Waals surface area contributed by atoms with Crippen LogP contribution in [0.1, 0.15) is 24.3 Å². The van der Waals surface area contributed by atoms with Crippen LogP contribution in [0.5, 0.6) is 0 Å². The molecule has 0 radical (unpaired) electrons. The average Bonchev–Trinajstić information content (AvgIpc) is 2.99. The molecule has 3 rings (SSSR count). The molecule has 0 bridgehead atoms. The Morgan fingerprint density at radius 1 is 1.50 bits per heavy atom. The van der Waals surface area contributed by atoms with Crippen LogP contribution in [0, 0.1) is 12.8 Å². The zero-order chi connectivity index (χ0) is 12.4. The van der Waals surface area contributed by atoms with E-state index in [4.69, 9.17) is 4.52 Å². The molecule has 3 heterocycles. The molecule has 0 spiro atoms. The summed E-state index contributed by atoms with van der Waals surface area (Å²) in [6.07, 6.45) is 3.39. The SMILES string of the molecule is Cc1cscc1-c1noc(CC2CCCNC2)n1. The first kappa shape index (κ1) is 11.9. The Labute approximate surface area is 110 Å². The van der Waals surface area contributed by atoms with E-state index in [0.717, 1.165) is 36.8 Å². The van der Waals surface area contributed by atoms with Crippen molar-refractivity contribution in [2.75, 3.05) is 13.1 Å². The largest absolute Gasteiger partial charge is 0.339 e. The van der Waals surface area contributed by atoms with Gasteiger partial charge in [-0.3, -0.25) is 0 Å². The molecule has 2 aromatic rings. The predicted molar refractivity (Wildman–Crippen MR) is 71.6 cm³/mol. The maximum Gasteiger partial charge on any atom is 0.227 e. The van der Waals surface area contributed by atoms with Crippen LogP contribution in [0.4, 0.5) is 0 Å². The van der Waals surface area contributed by atoms with Crippen molar-refractivity contribution in [2.45, 2.75) is 26.2 Å². The van der Waals surface area contributed by atoms with Gasteiger partial charge in [0.15, 0.2) is 0 Å². The molecule has 4 nitrogen and oxygen atoms in total. The smallest absolute Gasteiger partial charge is 0.227 e. The summed E-state index contributed by atoms with van der Waals surface area (Å²) >= 11 is 1.67. The lowest BCUT2D eigenvalue weighted by Gasteiger charge is -2.20. The Balaban J connectivity index is 1.71. The van der Waals surface area contributed by atoms with Gasteiger partial charge in [0.2, 0.25) is 11.7 Å². The molecule has 18 heavy (non-hydrogen) atoms. The first-order chi connectivity index (χ1) is 8.83. The number of nitrogens with zero attached hydrogens (tertiary/aromatic N) is 2. The molecule has 1 N–H and O–H groups in total. The van der Waals surface area contributed by atoms with Crippen LogP contribution in [0.25, 0.3) is 11.4 Å². The molecule has 0 saturated carbocycles. The third kappa shape index (κ3) is 2.47. The lowest BCUT2D eigenvalue weighted by molar-refractivity contribution is 0.316. The second-order valence-corrected chi connectivity index (χ2v) is 5.64. The summed E-state index contributed by atoms with van der Waals surface area (Å²) in [4.78, 5) is 4.51. The van der Waals surface area contributed by atoms with E-state index in [1.165, 1.54) is 18.4 Å². The van der Waals surface area contributed by atoms with Crippen LogP contribution in [0.15, 0.2) is 15.3 Å². The van der Waals surface area contributed by atoms with E-state index in [1.807, 2.05) is 0 Å². The summed E-state index contributed by atoms with van der Waals surface area (Å²) in [6.45, 7) is 4.28. The van der Waals surface area contributed by atoms with Gasteiger partial charge < -0.3 is 9.84 Å². The Kier molecular flexibility index (Phi) is 3.43.